The molecule has 35 heavy (non-hydrogen) atoms. The molecule has 2 aliphatic rings. The standard InChI is InChI=1S/C25H32N2O8/c1-4-5-6-20(30)27(8-10-33-2)18-13-17(25(32)26-7-9-28)21-16-11-15(14-29)12-19(34-3)23(16)35-24(21)22(18)31/h5-6,11-14,18,21-22,24,28,31H,4,7-10H2,1-3H3,(H,26,32). The molecule has 1 heterocycles. The predicted octanol–water partition coefficient (Wildman–Crippen LogP) is 0.572. The summed E-state index contributed by atoms with van der Waals surface area (Å²) in [7, 11) is 2.94. The minimum absolute atomic E-state index is 0.0255. The third-order valence-electron chi connectivity index (χ3n) is 6.09. The molecule has 1 aliphatic heterocycles. The Morgan fingerprint density at radius 2 is 2.06 bits per heavy atom. The number of aldehydes is 1. The Balaban J connectivity index is 2.12. The van der Waals surface area contributed by atoms with Gasteiger partial charge >= 0.3 is 0 Å². The largest absolute Gasteiger partial charge is 0.493 e. The minimum Gasteiger partial charge on any atom is -0.493 e. The Bertz CT molecular complexity index is 1010. The summed E-state index contributed by atoms with van der Waals surface area (Å²) < 4.78 is 16.7. The molecule has 1 aromatic carbocycles. The van der Waals surface area contributed by atoms with E-state index < -0.39 is 30.1 Å². The van der Waals surface area contributed by atoms with Crippen LogP contribution in [0.1, 0.15) is 35.2 Å². The van der Waals surface area contributed by atoms with Gasteiger partial charge < -0.3 is 34.6 Å². The van der Waals surface area contributed by atoms with E-state index in [-0.39, 0.29) is 37.8 Å². The van der Waals surface area contributed by atoms with Crippen molar-refractivity contribution < 1.29 is 38.8 Å². The predicted molar refractivity (Wildman–Crippen MR) is 127 cm³/mol. The van der Waals surface area contributed by atoms with E-state index in [0.717, 1.165) is 0 Å². The van der Waals surface area contributed by atoms with Gasteiger partial charge in [-0.05, 0) is 30.7 Å². The van der Waals surface area contributed by atoms with Gasteiger partial charge in [0.25, 0.3) is 0 Å². The number of rotatable bonds is 11. The van der Waals surface area contributed by atoms with Crippen LogP contribution in [0.2, 0.25) is 0 Å². The normalized spacial score (nSPS) is 22.6. The number of fused-ring (bicyclic) bond motifs is 3. The number of aliphatic hydroxyl groups excluding tert-OH is 2. The van der Waals surface area contributed by atoms with E-state index in [2.05, 4.69) is 5.32 Å². The number of hydrogen-bond acceptors (Lipinski definition) is 8. The van der Waals surface area contributed by atoms with E-state index in [1.807, 2.05) is 6.92 Å². The molecule has 10 heteroatoms. The molecule has 0 fully saturated rings. The monoisotopic (exact) mass is 488 g/mol. The Hall–Kier alpha value is -3.21. The summed E-state index contributed by atoms with van der Waals surface area (Å²) in [5.74, 6) is -0.894. The van der Waals surface area contributed by atoms with Crippen LogP contribution in [0, 0.1) is 0 Å². The fourth-order valence-corrected chi connectivity index (χ4v) is 4.47. The zero-order valence-corrected chi connectivity index (χ0v) is 20.1. The van der Waals surface area contributed by atoms with Crippen LogP contribution in [-0.4, -0.2) is 92.0 Å². The first-order valence-electron chi connectivity index (χ1n) is 11.5. The highest BCUT2D eigenvalue weighted by atomic mass is 16.5. The third-order valence-corrected chi connectivity index (χ3v) is 6.09. The van der Waals surface area contributed by atoms with Crippen LogP contribution >= 0.6 is 0 Å². The number of allylic oxidation sites excluding steroid dienone is 1. The summed E-state index contributed by atoms with van der Waals surface area (Å²) in [6, 6.07) is 2.24. The van der Waals surface area contributed by atoms with Crippen molar-refractivity contribution in [2.75, 3.05) is 40.5 Å². The fraction of sp³-hybridized carbons (Fsp3) is 0.480. The van der Waals surface area contributed by atoms with Crippen molar-refractivity contribution in [3.63, 3.8) is 0 Å². The molecule has 4 unspecified atom stereocenters. The first-order valence-corrected chi connectivity index (χ1v) is 11.5. The number of amides is 2. The highest BCUT2D eigenvalue weighted by Crippen LogP contribution is 2.51. The lowest BCUT2D eigenvalue weighted by Gasteiger charge is -2.40. The highest BCUT2D eigenvalue weighted by Gasteiger charge is 2.51. The lowest BCUT2D eigenvalue weighted by Crippen LogP contribution is -2.56. The van der Waals surface area contributed by atoms with Crippen LogP contribution in [-0.2, 0) is 14.3 Å². The lowest BCUT2D eigenvalue weighted by atomic mass is 9.77. The molecule has 0 aromatic heterocycles. The highest BCUT2D eigenvalue weighted by molar-refractivity contribution is 5.97. The van der Waals surface area contributed by atoms with Gasteiger partial charge in [-0.15, -0.1) is 0 Å². The van der Waals surface area contributed by atoms with Gasteiger partial charge in [-0.2, -0.15) is 0 Å². The number of ether oxygens (including phenoxy) is 3. The van der Waals surface area contributed by atoms with Crippen molar-refractivity contribution in [3.8, 4) is 11.5 Å². The topological polar surface area (TPSA) is 135 Å². The van der Waals surface area contributed by atoms with Gasteiger partial charge in [0.15, 0.2) is 11.5 Å². The molecule has 0 bridgehead atoms. The van der Waals surface area contributed by atoms with E-state index >= 15 is 0 Å². The second-order valence-electron chi connectivity index (χ2n) is 8.24. The third kappa shape index (κ3) is 5.39. The van der Waals surface area contributed by atoms with Crippen molar-refractivity contribution in [3.05, 3.63) is 47.1 Å². The SMILES string of the molecule is CCC=CC(=O)N(CCOC)C1C=C(C(=O)NCCO)C2c3cc(C=O)cc(OC)c3OC2C1O. The van der Waals surface area contributed by atoms with E-state index in [0.29, 0.717) is 35.3 Å². The molecule has 10 nitrogen and oxygen atoms in total. The quantitative estimate of drug-likeness (QED) is 0.304. The number of nitrogens with zero attached hydrogens (tertiary/aromatic N) is 1. The van der Waals surface area contributed by atoms with Gasteiger partial charge in [0.1, 0.15) is 18.5 Å². The Morgan fingerprint density at radius 1 is 1.29 bits per heavy atom. The van der Waals surface area contributed by atoms with Crippen LogP contribution in [0.5, 0.6) is 11.5 Å². The molecular formula is C25H32N2O8. The van der Waals surface area contributed by atoms with Crippen molar-refractivity contribution >= 4 is 18.1 Å². The van der Waals surface area contributed by atoms with Gasteiger partial charge in [-0.25, -0.2) is 0 Å². The maximum absolute atomic E-state index is 13.2. The van der Waals surface area contributed by atoms with E-state index in [1.54, 1.807) is 18.2 Å². The van der Waals surface area contributed by atoms with Gasteiger partial charge in [0, 0.05) is 36.9 Å². The Kier molecular flexibility index (Phi) is 9.02. The molecule has 0 spiro atoms. The summed E-state index contributed by atoms with van der Waals surface area (Å²) in [5.41, 5.74) is 1.12. The van der Waals surface area contributed by atoms with Crippen LogP contribution < -0.4 is 14.8 Å². The maximum atomic E-state index is 13.2. The van der Waals surface area contributed by atoms with Gasteiger partial charge in [0.05, 0.1) is 32.3 Å². The summed E-state index contributed by atoms with van der Waals surface area (Å²) in [6.07, 6.45) is 3.91. The molecule has 3 rings (SSSR count). The number of benzene rings is 1. The first kappa shape index (κ1) is 26.4. The number of hydrogen-bond donors (Lipinski definition) is 3. The van der Waals surface area contributed by atoms with Crippen molar-refractivity contribution in [1.82, 2.24) is 10.2 Å². The molecule has 3 N–H and O–H groups in total. The number of carbonyl (C=O) groups is 3. The molecule has 190 valence electrons. The molecule has 1 aliphatic carbocycles. The lowest BCUT2D eigenvalue weighted by molar-refractivity contribution is -0.133. The Morgan fingerprint density at radius 3 is 2.69 bits per heavy atom. The van der Waals surface area contributed by atoms with E-state index in [1.165, 1.54) is 31.3 Å². The molecule has 0 saturated carbocycles. The fourth-order valence-electron chi connectivity index (χ4n) is 4.47. The zero-order valence-electron chi connectivity index (χ0n) is 20.1. The molecule has 4 atom stereocenters. The van der Waals surface area contributed by atoms with Crippen molar-refractivity contribution in [2.45, 2.75) is 37.5 Å². The average Bonchev–Trinajstić information content (AvgIpc) is 3.26. The second kappa shape index (κ2) is 12.0. The molecule has 0 radical (unpaired) electrons. The number of carbonyl (C=O) groups excluding carboxylic acids is 3. The molecule has 1 aromatic rings. The molecule has 2 amide bonds. The maximum Gasteiger partial charge on any atom is 0.247 e. The Labute approximate surface area is 204 Å². The number of aliphatic hydroxyl groups is 2. The van der Waals surface area contributed by atoms with E-state index in [4.69, 9.17) is 14.2 Å². The van der Waals surface area contributed by atoms with Crippen molar-refractivity contribution in [1.29, 1.82) is 0 Å². The summed E-state index contributed by atoms with van der Waals surface area (Å²) in [5, 5.41) is 23.3. The molecule has 0 saturated heterocycles. The first-order chi connectivity index (χ1) is 16.9. The van der Waals surface area contributed by atoms with Gasteiger partial charge in [0.2, 0.25) is 11.8 Å². The zero-order chi connectivity index (χ0) is 25.5. The minimum atomic E-state index is -1.19. The van der Waals surface area contributed by atoms with Gasteiger partial charge in [-0.3, -0.25) is 14.4 Å². The average molecular weight is 489 g/mol. The number of methoxy groups -OCH3 is 2. The smallest absolute Gasteiger partial charge is 0.247 e. The number of nitrogens with one attached hydrogen (secondary N) is 1. The van der Waals surface area contributed by atoms with Crippen molar-refractivity contribution in [2.24, 2.45) is 0 Å². The summed E-state index contributed by atoms with van der Waals surface area (Å²) in [6.45, 7) is 2.07. The summed E-state index contributed by atoms with van der Waals surface area (Å²) >= 11 is 0. The second-order valence-corrected chi connectivity index (χ2v) is 8.24. The molecular weight excluding hydrogens is 456 g/mol. The summed E-state index contributed by atoms with van der Waals surface area (Å²) in [4.78, 5) is 39.2. The van der Waals surface area contributed by atoms with E-state index in [9.17, 15) is 24.6 Å². The van der Waals surface area contributed by atoms with Crippen LogP contribution in [0.15, 0.2) is 35.9 Å². The van der Waals surface area contributed by atoms with Crippen LogP contribution in [0.25, 0.3) is 0 Å². The van der Waals surface area contributed by atoms with Crippen LogP contribution in [0.3, 0.4) is 0 Å². The van der Waals surface area contributed by atoms with Gasteiger partial charge in [-0.1, -0.05) is 13.0 Å². The van der Waals surface area contributed by atoms with Crippen LogP contribution in [0.4, 0.5) is 0 Å².